The first-order chi connectivity index (χ1) is 13.6. The van der Waals surface area contributed by atoms with Crippen LogP contribution in [0.2, 0.25) is 0 Å². The highest BCUT2D eigenvalue weighted by Crippen LogP contribution is 2.32. The molecule has 0 spiro atoms. The van der Waals surface area contributed by atoms with Crippen molar-refractivity contribution in [2.45, 2.75) is 4.90 Å². The largest absolute Gasteiger partial charge is 0.325 e. The van der Waals surface area contributed by atoms with E-state index in [4.69, 9.17) is 5.14 Å². The predicted octanol–water partition coefficient (Wildman–Crippen LogP) is 2.77. The number of amides is 3. The first kappa shape index (κ1) is 21.2. The van der Waals surface area contributed by atoms with Gasteiger partial charge >= 0.3 is 0 Å². The number of hydrogen-bond acceptors (Lipinski definition) is 6. The fraction of sp³-hybridized carbons (Fsp3) is 0.0556. The third-order valence-corrected chi connectivity index (χ3v) is 6.12. The van der Waals surface area contributed by atoms with Gasteiger partial charge in [-0.3, -0.25) is 19.3 Å². The summed E-state index contributed by atoms with van der Waals surface area (Å²) in [4.78, 5) is 37.8. The number of primary sulfonamides is 1. The van der Waals surface area contributed by atoms with Gasteiger partial charge in [0, 0.05) is 10.2 Å². The molecule has 0 aromatic heterocycles. The molecular formula is C18H14BrN3O5S2. The second-order valence-corrected chi connectivity index (χ2v) is 9.41. The van der Waals surface area contributed by atoms with Crippen molar-refractivity contribution >= 4 is 66.5 Å². The Bertz CT molecular complexity index is 1130. The van der Waals surface area contributed by atoms with Crippen molar-refractivity contribution in [2.75, 3.05) is 11.9 Å². The number of thioether (sulfide) groups is 1. The van der Waals surface area contributed by atoms with Gasteiger partial charge in [-0.1, -0.05) is 28.1 Å². The van der Waals surface area contributed by atoms with Gasteiger partial charge in [0.2, 0.25) is 15.9 Å². The minimum Gasteiger partial charge on any atom is -0.325 e. The van der Waals surface area contributed by atoms with E-state index in [2.05, 4.69) is 21.2 Å². The van der Waals surface area contributed by atoms with Crippen molar-refractivity contribution in [3.63, 3.8) is 0 Å². The Morgan fingerprint density at radius 2 is 1.86 bits per heavy atom. The SMILES string of the molecule is NS(=O)(=O)c1ccc(NC(=O)CN2C(=O)S/C(=C\c3cccc(Br)c3)C2=O)cc1. The average Bonchev–Trinajstić information content (AvgIpc) is 2.89. The molecule has 1 heterocycles. The minimum atomic E-state index is -3.84. The van der Waals surface area contributed by atoms with Gasteiger partial charge in [-0.2, -0.15) is 0 Å². The highest BCUT2D eigenvalue weighted by atomic mass is 79.9. The van der Waals surface area contributed by atoms with Gasteiger partial charge in [0.05, 0.1) is 9.80 Å². The van der Waals surface area contributed by atoms with Crippen molar-refractivity contribution in [1.29, 1.82) is 0 Å². The highest BCUT2D eigenvalue weighted by Gasteiger charge is 2.36. The van der Waals surface area contributed by atoms with Crippen molar-refractivity contribution in [3.8, 4) is 0 Å². The maximum atomic E-state index is 12.5. The summed E-state index contributed by atoms with van der Waals surface area (Å²) in [5.41, 5.74) is 1.04. The van der Waals surface area contributed by atoms with Crippen LogP contribution in [0.1, 0.15) is 5.56 Å². The number of nitrogens with zero attached hydrogens (tertiary/aromatic N) is 1. The number of rotatable bonds is 5. The summed E-state index contributed by atoms with van der Waals surface area (Å²) in [5, 5.41) is 6.98. The lowest BCUT2D eigenvalue weighted by Crippen LogP contribution is -2.36. The number of hydrogen-bond donors (Lipinski definition) is 2. The smallest absolute Gasteiger partial charge is 0.294 e. The molecular weight excluding hydrogens is 482 g/mol. The molecule has 1 saturated heterocycles. The van der Waals surface area contributed by atoms with Crippen molar-refractivity contribution in [2.24, 2.45) is 5.14 Å². The molecule has 3 rings (SSSR count). The molecule has 8 nitrogen and oxygen atoms in total. The molecule has 29 heavy (non-hydrogen) atoms. The number of nitrogens with one attached hydrogen (secondary N) is 1. The monoisotopic (exact) mass is 495 g/mol. The number of halogens is 1. The van der Waals surface area contributed by atoms with Gasteiger partial charge < -0.3 is 5.32 Å². The topological polar surface area (TPSA) is 127 Å². The average molecular weight is 496 g/mol. The standard InChI is InChI=1S/C18H14BrN3O5S2/c19-12-3-1-2-11(8-12)9-15-17(24)22(18(25)28-15)10-16(23)21-13-4-6-14(7-5-13)29(20,26)27/h1-9H,10H2,(H,21,23)(H2,20,26,27)/b15-9-. The zero-order chi connectivity index (χ0) is 21.2. The van der Waals surface area contributed by atoms with E-state index in [0.29, 0.717) is 5.69 Å². The molecule has 1 aliphatic heterocycles. The number of anilines is 1. The van der Waals surface area contributed by atoms with E-state index in [0.717, 1.165) is 26.7 Å². The van der Waals surface area contributed by atoms with Crippen molar-refractivity contribution in [3.05, 3.63) is 63.5 Å². The number of imide groups is 1. The Morgan fingerprint density at radius 3 is 2.48 bits per heavy atom. The summed E-state index contributed by atoms with van der Waals surface area (Å²) in [6, 6.07) is 12.4. The van der Waals surface area contributed by atoms with Gasteiger partial charge in [0.15, 0.2) is 0 Å². The third-order valence-electron chi connectivity index (χ3n) is 3.79. The van der Waals surface area contributed by atoms with Gasteiger partial charge in [0.25, 0.3) is 11.1 Å². The number of carbonyl (C=O) groups is 3. The van der Waals surface area contributed by atoms with Crippen LogP contribution >= 0.6 is 27.7 Å². The van der Waals surface area contributed by atoms with Crippen LogP contribution in [-0.4, -0.2) is 36.9 Å². The van der Waals surface area contributed by atoms with E-state index < -0.39 is 33.6 Å². The molecule has 0 saturated carbocycles. The lowest BCUT2D eigenvalue weighted by molar-refractivity contribution is -0.127. The molecule has 1 aliphatic rings. The van der Waals surface area contributed by atoms with Crippen LogP contribution in [0.15, 0.2) is 62.8 Å². The zero-order valence-corrected chi connectivity index (χ0v) is 17.9. The molecule has 1 fully saturated rings. The van der Waals surface area contributed by atoms with Crippen LogP contribution in [0.3, 0.4) is 0 Å². The first-order valence-corrected chi connectivity index (χ1v) is 11.2. The molecule has 0 bridgehead atoms. The molecule has 2 aromatic carbocycles. The van der Waals surface area contributed by atoms with Crippen LogP contribution in [0, 0.1) is 0 Å². The number of nitrogens with two attached hydrogens (primary N) is 1. The molecule has 150 valence electrons. The van der Waals surface area contributed by atoms with E-state index in [1.807, 2.05) is 6.07 Å². The number of benzene rings is 2. The van der Waals surface area contributed by atoms with Gasteiger partial charge in [0.1, 0.15) is 6.54 Å². The summed E-state index contributed by atoms with van der Waals surface area (Å²) in [6.45, 7) is -0.461. The number of carbonyl (C=O) groups excluding carboxylic acids is 3. The maximum Gasteiger partial charge on any atom is 0.294 e. The molecule has 11 heteroatoms. The normalized spacial score (nSPS) is 15.8. The Balaban J connectivity index is 1.67. The van der Waals surface area contributed by atoms with Gasteiger partial charge in [-0.25, -0.2) is 13.6 Å². The van der Waals surface area contributed by atoms with Crippen LogP contribution in [0.25, 0.3) is 6.08 Å². The maximum absolute atomic E-state index is 12.5. The quantitative estimate of drug-likeness (QED) is 0.613. The Labute approximate surface area is 179 Å². The van der Waals surface area contributed by atoms with E-state index in [9.17, 15) is 22.8 Å². The second-order valence-electron chi connectivity index (χ2n) is 5.94. The summed E-state index contributed by atoms with van der Waals surface area (Å²) in [7, 11) is -3.84. The van der Waals surface area contributed by atoms with E-state index in [-0.39, 0.29) is 9.80 Å². The second kappa shape index (κ2) is 8.49. The lowest BCUT2D eigenvalue weighted by Gasteiger charge is -2.12. The Hall–Kier alpha value is -2.47. The van der Waals surface area contributed by atoms with Crippen LogP contribution < -0.4 is 10.5 Å². The summed E-state index contributed by atoms with van der Waals surface area (Å²) < 4.78 is 23.3. The summed E-state index contributed by atoms with van der Waals surface area (Å²) in [6.07, 6.45) is 1.58. The van der Waals surface area contributed by atoms with Crippen molar-refractivity contribution in [1.82, 2.24) is 4.90 Å². The van der Waals surface area contributed by atoms with E-state index in [1.54, 1.807) is 24.3 Å². The minimum absolute atomic E-state index is 0.0980. The van der Waals surface area contributed by atoms with E-state index in [1.165, 1.54) is 24.3 Å². The van der Waals surface area contributed by atoms with Gasteiger partial charge in [-0.05, 0) is 59.8 Å². The zero-order valence-electron chi connectivity index (χ0n) is 14.7. The summed E-state index contributed by atoms with van der Waals surface area (Å²) in [5.74, 6) is -1.15. The number of sulfonamides is 1. The molecule has 0 atom stereocenters. The van der Waals surface area contributed by atoms with Crippen LogP contribution in [0.5, 0.6) is 0 Å². The summed E-state index contributed by atoms with van der Waals surface area (Å²) >= 11 is 4.10. The molecule has 3 N–H and O–H groups in total. The fourth-order valence-electron chi connectivity index (χ4n) is 2.46. The fourth-order valence-corrected chi connectivity index (χ4v) is 4.23. The van der Waals surface area contributed by atoms with Crippen LogP contribution in [-0.2, 0) is 19.6 Å². The van der Waals surface area contributed by atoms with Crippen molar-refractivity contribution < 1.29 is 22.8 Å². The molecule has 0 unspecified atom stereocenters. The molecule has 3 amide bonds. The Kier molecular flexibility index (Phi) is 6.22. The molecule has 0 aliphatic carbocycles. The first-order valence-electron chi connectivity index (χ1n) is 8.07. The lowest BCUT2D eigenvalue weighted by atomic mass is 10.2. The third kappa shape index (κ3) is 5.32. The Morgan fingerprint density at radius 1 is 1.17 bits per heavy atom. The predicted molar refractivity (Wildman–Crippen MR) is 113 cm³/mol. The highest BCUT2D eigenvalue weighted by molar-refractivity contribution is 9.10. The van der Waals surface area contributed by atoms with Gasteiger partial charge in [-0.15, -0.1) is 0 Å². The van der Waals surface area contributed by atoms with E-state index >= 15 is 0 Å². The molecule has 0 radical (unpaired) electrons. The van der Waals surface area contributed by atoms with Crippen LogP contribution in [0.4, 0.5) is 10.5 Å². The molecule has 2 aromatic rings.